The Morgan fingerprint density at radius 2 is 2.05 bits per heavy atom. The summed E-state index contributed by atoms with van der Waals surface area (Å²) in [5.41, 5.74) is 3.20. The Kier molecular flexibility index (Phi) is 4.74. The van der Waals surface area contributed by atoms with Crippen LogP contribution in [0, 0.1) is 12.8 Å². The van der Waals surface area contributed by atoms with E-state index in [1.165, 1.54) is 0 Å². The topological polar surface area (TPSA) is 34.1 Å². The summed E-state index contributed by atoms with van der Waals surface area (Å²) in [5.74, 6) is 0.587. The van der Waals surface area contributed by atoms with Crippen molar-refractivity contribution in [3.63, 3.8) is 0 Å². The van der Waals surface area contributed by atoms with Gasteiger partial charge in [-0.2, -0.15) is 0 Å². The molecule has 0 fully saturated rings. The zero-order valence-electron chi connectivity index (χ0n) is 11.9. The van der Waals surface area contributed by atoms with Crippen LogP contribution in [0.25, 0.3) is 10.9 Å². The molecule has 0 aliphatic rings. The van der Waals surface area contributed by atoms with Gasteiger partial charge < -0.3 is 10.1 Å². The average molecular weight is 258 g/mol. The summed E-state index contributed by atoms with van der Waals surface area (Å²) < 4.78 is 5.58. The molecule has 1 heterocycles. The van der Waals surface area contributed by atoms with Gasteiger partial charge >= 0.3 is 0 Å². The molecule has 0 atom stereocenters. The highest BCUT2D eigenvalue weighted by atomic mass is 16.5. The van der Waals surface area contributed by atoms with E-state index in [1.807, 2.05) is 25.1 Å². The molecule has 1 aromatic carbocycles. The number of anilines is 1. The molecule has 3 heteroatoms. The van der Waals surface area contributed by atoms with Gasteiger partial charge in [-0.05, 0) is 25.0 Å². The van der Waals surface area contributed by atoms with Crippen LogP contribution in [-0.2, 0) is 4.74 Å². The normalized spacial score (nSPS) is 11.2. The van der Waals surface area contributed by atoms with Crippen molar-refractivity contribution in [1.29, 1.82) is 0 Å². The second-order valence-corrected chi connectivity index (χ2v) is 5.22. The van der Waals surface area contributed by atoms with Gasteiger partial charge in [0.05, 0.1) is 12.1 Å². The molecule has 102 valence electrons. The molecule has 2 aromatic rings. The monoisotopic (exact) mass is 258 g/mol. The number of para-hydroxylation sites is 1. The molecular formula is C16H22N2O. The van der Waals surface area contributed by atoms with E-state index in [0.717, 1.165) is 42.0 Å². The maximum Gasteiger partial charge on any atom is 0.0725 e. The summed E-state index contributed by atoms with van der Waals surface area (Å²) in [4.78, 5) is 4.53. The zero-order chi connectivity index (χ0) is 13.7. The number of hydrogen-bond acceptors (Lipinski definition) is 3. The predicted molar refractivity (Wildman–Crippen MR) is 80.6 cm³/mol. The highest BCUT2D eigenvalue weighted by Gasteiger charge is 2.02. The SMILES string of the molecule is Cc1cc(NCCOCC(C)C)c2ccccc2n1. The van der Waals surface area contributed by atoms with E-state index < -0.39 is 0 Å². The van der Waals surface area contributed by atoms with Crippen LogP contribution in [0.4, 0.5) is 5.69 Å². The highest BCUT2D eigenvalue weighted by molar-refractivity contribution is 5.91. The number of fused-ring (bicyclic) bond motifs is 1. The smallest absolute Gasteiger partial charge is 0.0725 e. The van der Waals surface area contributed by atoms with Crippen molar-refractivity contribution in [3.05, 3.63) is 36.0 Å². The third-order valence-electron chi connectivity index (χ3n) is 2.86. The fraction of sp³-hybridized carbons (Fsp3) is 0.438. The van der Waals surface area contributed by atoms with Crippen LogP contribution in [0.5, 0.6) is 0 Å². The number of hydrogen-bond donors (Lipinski definition) is 1. The van der Waals surface area contributed by atoms with Crippen LogP contribution in [0.1, 0.15) is 19.5 Å². The van der Waals surface area contributed by atoms with Crippen LogP contribution in [0.3, 0.4) is 0 Å². The number of nitrogens with zero attached hydrogens (tertiary/aromatic N) is 1. The second-order valence-electron chi connectivity index (χ2n) is 5.22. The maximum absolute atomic E-state index is 5.58. The number of rotatable bonds is 6. The Morgan fingerprint density at radius 1 is 1.26 bits per heavy atom. The van der Waals surface area contributed by atoms with Crippen molar-refractivity contribution in [1.82, 2.24) is 4.98 Å². The summed E-state index contributed by atoms with van der Waals surface area (Å²) in [7, 11) is 0. The predicted octanol–water partition coefficient (Wildman–Crippen LogP) is 3.63. The van der Waals surface area contributed by atoms with Crippen molar-refractivity contribution in [3.8, 4) is 0 Å². The van der Waals surface area contributed by atoms with Gasteiger partial charge in [-0.1, -0.05) is 32.0 Å². The minimum Gasteiger partial charge on any atom is -0.382 e. The largest absolute Gasteiger partial charge is 0.382 e. The van der Waals surface area contributed by atoms with Crippen LogP contribution in [-0.4, -0.2) is 24.7 Å². The molecule has 0 amide bonds. The Balaban J connectivity index is 2.00. The standard InChI is InChI=1S/C16H22N2O/c1-12(2)11-19-9-8-17-16-10-13(3)18-15-7-5-4-6-14(15)16/h4-7,10,12H,8-9,11H2,1-3H3,(H,17,18). The van der Waals surface area contributed by atoms with Gasteiger partial charge in [-0.3, -0.25) is 4.98 Å². The van der Waals surface area contributed by atoms with Gasteiger partial charge in [-0.15, -0.1) is 0 Å². The van der Waals surface area contributed by atoms with Crippen molar-refractivity contribution < 1.29 is 4.74 Å². The number of benzene rings is 1. The van der Waals surface area contributed by atoms with E-state index in [-0.39, 0.29) is 0 Å². The fourth-order valence-corrected chi connectivity index (χ4v) is 2.03. The first kappa shape index (κ1) is 13.8. The van der Waals surface area contributed by atoms with Crippen LogP contribution in [0.2, 0.25) is 0 Å². The second kappa shape index (κ2) is 6.53. The van der Waals surface area contributed by atoms with E-state index in [9.17, 15) is 0 Å². The molecule has 0 spiro atoms. The molecule has 3 nitrogen and oxygen atoms in total. The van der Waals surface area contributed by atoms with Crippen LogP contribution < -0.4 is 5.32 Å². The summed E-state index contributed by atoms with van der Waals surface area (Å²) >= 11 is 0. The lowest BCUT2D eigenvalue weighted by Gasteiger charge is -2.11. The fourth-order valence-electron chi connectivity index (χ4n) is 2.03. The first-order valence-corrected chi connectivity index (χ1v) is 6.85. The lowest BCUT2D eigenvalue weighted by atomic mass is 10.1. The Morgan fingerprint density at radius 3 is 2.84 bits per heavy atom. The van der Waals surface area contributed by atoms with E-state index in [2.05, 4.69) is 36.3 Å². The quantitative estimate of drug-likeness (QED) is 0.803. The minimum absolute atomic E-state index is 0.587. The summed E-state index contributed by atoms with van der Waals surface area (Å²) in [6.45, 7) is 8.71. The summed E-state index contributed by atoms with van der Waals surface area (Å²) in [6, 6.07) is 10.3. The van der Waals surface area contributed by atoms with E-state index in [1.54, 1.807) is 0 Å². The Bertz CT molecular complexity index is 537. The number of aromatic nitrogens is 1. The first-order chi connectivity index (χ1) is 9.16. The van der Waals surface area contributed by atoms with E-state index >= 15 is 0 Å². The molecule has 19 heavy (non-hydrogen) atoms. The number of nitrogens with one attached hydrogen (secondary N) is 1. The molecule has 0 saturated heterocycles. The Labute approximate surface area is 115 Å². The van der Waals surface area contributed by atoms with Crippen molar-refractivity contribution in [2.45, 2.75) is 20.8 Å². The number of aryl methyl sites for hydroxylation is 1. The third kappa shape index (κ3) is 3.93. The molecule has 0 aliphatic carbocycles. The summed E-state index contributed by atoms with van der Waals surface area (Å²) in [5, 5.41) is 4.60. The molecule has 0 unspecified atom stereocenters. The van der Waals surface area contributed by atoms with Crippen molar-refractivity contribution >= 4 is 16.6 Å². The maximum atomic E-state index is 5.58. The lowest BCUT2D eigenvalue weighted by molar-refractivity contribution is 0.118. The van der Waals surface area contributed by atoms with Crippen LogP contribution >= 0.6 is 0 Å². The van der Waals surface area contributed by atoms with E-state index in [4.69, 9.17) is 4.74 Å². The van der Waals surface area contributed by atoms with Gasteiger partial charge in [-0.25, -0.2) is 0 Å². The average Bonchev–Trinajstić information content (AvgIpc) is 2.37. The molecule has 0 aliphatic heterocycles. The molecule has 0 bridgehead atoms. The zero-order valence-corrected chi connectivity index (χ0v) is 11.9. The number of ether oxygens (including phenoxy) is 1. The molecule has 2 rings (SSSR count). The van der Waals surface area contributed by atoms with Crippen molar-refractivity contribution in [2.75, 3.05) is 25.1 Å². The molecule has 0 radical (unpaired) electrons. The van der Waals surface area contributed by atoms with Gasteiger partial charge in [0.15, 0.2) is 0 Å². The molecule has 1 aromatic heterocycles. The highest BCUT2D eigenvalue weighted by Crippen LogP contribution is 2.22. The first-order valence-electron chi connectivity index (χ1n) is 6.85. The third-order valence-corrected chi connectivity index (χ3v) is 2.86. The van der Waals surface area contributed by atoms with E-state index in [0.29, 0.717) is 5.92 Å². The molecule has 1 N–H and O–H groups in total. The minimum atomic E-state index is 0.587. The van der Waals surface area contributed by atoms with Crippen LogP contribution in [0.15, 0.2) is 30.3 Å². The van der Waals surface area contributed by atoms with Gasteiger partial charge in [0.2, 0.25) is 0 Å². The Hall–Kier alpha value is -1.61. The van der Waals surface area contributed by atoms with Crippen molar-refractivity contribution in [2.24, 2.45) is 5.92 Å². The van der Waals surface area contributed by atoms with Gasteiger partial charge in [0.25, 0.3) is 0 Å². The lowest BCUT2D eigenvalue weighted by Crippen LogP contribution is -2.12. The molecular weight excluding hydrogens is 236 g/mol. The van der Waals surface area contributed by atoms with Gasteiger partial charge in [0, 0.05) is 29.9 Å². The molecule has 0 saturated carbocycles. The summed E-state index contributed by atoms with van der Waals surface area (Å²) in [6.07, 6.45) is 0. The number of pyridine rings is 1. The van der Waals surface area contributed by atoms with Gasteiger partial charge in [0.1, 0.15) is 0 Å².